The SMILES string of the molecule is CC(C(=O)NC1CCCCC1)N(Cc1ccc(Cl)cc1Cl)C(=O)CCc1ccc(C(C)(C)C)cc1. The first kappa shape index (κ1) is 27.5. The van der Waals surface area contributed by atoms with Gasteiger partial charge in [0.2, 0.25) is 11.8 Å². The van der Waals surface area contributed by atoms with Crippen molar-refractivity contribution in [1.29, 1.82) is 0 Å². The van der Waals surface area contributed by atoms with Crippen LogP contribution in [0.2, 0.25) is 10.0 Å². The van der Waals surface area contributed by atoms with Crippen molar-refractivity contribution in [3.63, 3.8) is 0 Å². The molecule has 1 atom stereocenters. The number of rotatable bonds is 8. The van der Waals surface area contributed by atoms with Gasteiger partial charge in [0, 0.05) is 29.1 Å². The minimum atomic E-state index is -0.598. The molecule has 0 bridgehead atoms. The van der Waals surface area contributed by atoms with E-state index in [-0.39, 0.29) is 29.8 Å². The van der Waals surface area contributed by atoms with E-state index in [0.717, 1.165) is 36.8 Å². The zero-order chi connectivity index (χ0) is 25.6. The van der Waals surface area contributed by atoms with Crippen LogP contribution in [0.25, 0.3) is 0 Å². The van der Waals surface area contributed by atoms with Crippen LogP contribution in [0.5, 0.6) is 0 Å². The second-order valence-electron chi connectivity index (χ2n) is 10.7. The fraction of sp³-hybridized carbons (Fsp3) is 0.517. The van der Waals surface area contributed by atoms with Crippen LogP contribution >= 0.6 is 23.2 Å². The Kier molecular flexibility index (Phi) is 9.66. The molecule has 1 N–H and O–H groups in total. The molecule has 0 radical (unpaired) electrons. The summed E-state index contributed by atoms with van der Waals surface area (Å²) >= 11 is 12.5. The lowest BCUT2D eigenvalue weighted by Crippen LogP contribution is -2.50. The van der Waals surface area contributed by atoms with Crippen molar-refractivity contribution in [3.05, 3.63) is 69.2 Å². The van der Waals surface area contributed by atoms with Gasteiger partial charge in [-0.1, -0.05) is 93.6 Å². The maximum atomic E-state index is 13.4. The summed E-state index contributed by atoms with van der Waals surface area (Å²) in [6.07, 6.45) is 6.43. The van der Waals surface area contributed by atoms with E-state index in [9.17, 15) is 9.59 Å². The van der Waals surface area contributed by atoms with Gasteiger partial charge in [0.1, 0.15) is 6.04 Å². The van der Waals surface area contributed by atoms with Gasteiger partial charge in [0.25, 0.3) is 0 Å². The summed E-state index contributed by atoms with van der Waals surface area (Å²) in [5.41, 5.74) is 3.23. The molecule has 0 spiro atoms. The van der Waals surface area contributed by atoms with Crippen molar-refractivity contribution in [2.75, 3.05) is 0 Å². The fourth-order valence-electron chi connectivity index (χ4n) is 4.55. The van der Waals surface area contributed by atoms with Crippen LogP contribution in [0.1, 0.15) is 82.9 Å². The molecule has 35 heavy (non-hydrogen) atoms. The molecule has 2 amide bonds. The third-order valence-electron chi connectivity index (χ3n) is 6.92. The van der Waals surface area contributed by atoms with Crippen molar-refractivity contribution in [1.82, 2.24) is 10.2 Å². The van der Waals surface area contributed by atoms with E-state index in [2.05, 4.69) is 50.4 Å². The normalized spacial score (nSPS) is 15.5. The lowest BCUT2D eigenvalue weighted by molar-refractivity contribution is -0.141. The van der Waals surface area contributed by atoms with E-state index >= 15 is 0 Å². The van der Waals surface area contributed by atoms with E-state index in [1.807, 2.05) is 6.07 Å². The van der Waals surface area contributed by atoms with Crippen molar-refractivity contribution in [2.45, 2.75) is 96.7 Å². The highest BCUT2D eigenvalue weighted by atomic mass is 35.5. The number of amides is 2. The Balaban J connectivity index is 1.72. The van der Waals surface area contributed by atoms with Gasteiger partial charge in [-0.05, 0) is 60.4 Å². The summed E-state index contributed by atoms with van der Waals surface area (Å²) in [7, 11) is 0. The number of aryl methyl sites for hydroxylation is 1. The van der Waals surface area contributed by atoms with E-state index in [0.29, 0.717) is 22.9 Å². The monoisotopic (exact) mass is 516 g/mol. The van der Waals surface area contributed by atoms with Crippen LogP contribution in [0.3, 0.4) is 0 Å². The Bertz CT molecular complexity index is 1010. The molecule has 0 saturated heterocycles. The molecule has 4 nitrogen and oxygen atoms in total. The zero-order valence-electron chi connectivity index (χ0n) is 21.4. The number of nitrogens with one attached hydrogen (secondary N) is 1. The predicted octanol–water partition coefficient (Wildman–Crippen LogP) is 7.09. The predicted molar refractivity (Wildman–Crippen MR) is 145 cm³/mol. The Morgan fingerprint density at radius 2 is 1.69 bits per heavy atom. The molecule has 0 aromatic heterocycles. The molecule has 1 aliphatic carbocycles. The average Bonchev–Trinajstić information content (AvgIpc) is 2.82. The highest BCUT2D eigenvalue weighted by molar-refractivity contribution is 6.35. The highest BCUT2D eigenvalue weighted by Gasteiger charge is 2.28. The molecular formula is C29H38Cl2N2O2. The van der Waals surface area contributed by atoms with E-state index < -0.39 is 6.04 Å². The molecular weight excluding hydrogens is 479 g/mol. The molecule has 1 unspecified atom stereocenters. The van der Waals surface area contributed by atoms with Crippen LogP contribution in [-0.4, -0.2) is 28.8 Å². The summed E-state index contributed by atoms with van der Waals surface area (Å²) in [5.74, 6) is -0.174. The number of benzene rings is 2. The topological polar surface area (TPSA) is 49.4 Å². The van der Waals surface area contributed by atoms with Crippen molar-refractivity contribution < 1.29 is 9.59 Å². The second-order valence-corrected chi connectivity index (χ2v) is 11.6. The fourth-order valence-corrected chi connectivity index (χ4v) is 5.02. The zero-order valence-corrected chi connectivity index (χ0v) is 22.9. The lowest BCUT2D eigenvalue weighted by atomic mass is 9.86. The van der Waals surface area contributed by atoms with E-state index in [1.54, 1.807) is 24.0 Å². The average molecular weight is 518 g/mol. The van der Waals surface area contributed by atoms with Crippen LogP contribution in [0.15, 0.2) is 42.5 Å². The van der Waals surface area contributed by atoms with Crippen LogP contribution < -0.4 is 5.32 Å². The molecule has 2 aromatic rings. The summed E-state index contributed by atoms with van der Waals surface area (Å²) < 4.78 is 0. The van der Waals surface area contributed by atoms with Gasteiger partial charge in [-0.25, -0.2) is 0 Å². The first-order chi connectivity index (χ1) is 16.5. The summed E-state index contributed by atoms with van der Waals surface area (Å²) in [6, 6.07) is 13.3. The first-order valence-corrected chi connectivity index (χ1v) is 13.4. The Morgan fingerprint density at radius 1 is 1.03 bits per heavy atom. The molecule has 2 aromatic carbocycles. The standard InChI is InChI=1S/C29H38Cl2N2O2/c1-20(28(35)32-25-8-6-5-7-9-25)33(19-22-13-16-24(30)18-26(22)31)27(34)17-12-21-10-14-23(15-11-21)29(2,3)4/h10-11,13-16,18,20,25H,5-9,12,17,19H2,1-4H3,(H,32,35). The Morgan fingerprint density at radius 3 is 2.29 bits per heavy atom. The number of nitrogens with zero attached hydrogens (tertiary/aromatic N) is 1. The maximum Gasteiger partial charge on any atom is 0.242 e. The van der Waals surface area contributed by atoms with Gasteiger partial charge < -0.3 is 10.2 Å². The van der Waals surface area contributed by atoms with Crippen LogP contribution in [0, 0.1) is 0 Å². The van der Waals surface area contributed by atoms with Crippen molar-refractivity contribution in [3.8, 4) is 0 Å². The summed E-state index contributed by atoms with van der Waals surface area (Å²) in [4.78, 5) is 28.2. The van der Waals surface area contributed by atoms with Gasteiger partial charge in [-0.3, -0.25) is 9.59 Å². The van der Waals surface area contributed by atoms with Crippen LogP contribution in [-0.2, 0) is 28.0 Å². The summed E-state index contributed by atoms with van der Waals surface area (Å²) in [5, 5.41) is 4.20. The highest BCUT2D eigenvalue weighted by Crippen LogP contribution is 2.25. The molecule has 190 valence electrons. The second kappa shape index (κ2) is 12.3. The largest absolute Gasteiger partial charge is 0.352 e. The number of carbonyl (C=O) groups excluding carboxylic acids is 2. The number of halogens is 2. The third-order valence-corrected chi connectivity index (χ3v) is 7.51. The molecule has 1 aliphatic rings. The van der Waals surface area contributed by atoms with E-state index in [4.69, 9.17) is 23.2 Å². The number of hydrogen-bond donors (Lipinski definition) is 1. The maximum absolute atomic E-state index is 13.4. The van der Waals surface area contributed by atoms with Crippen molar-refractivity contribution in [2.24, 2.45) is 0 Å². The van der Waals surface area contributed by atoms with Crippen molar-refractivity contribution >= 4 is 35.0 Å². The quantitative estimate of drug-likeness (QED) is 0.407. The minimum Gasteiger partial charge on any atom is -0.352 e. The van der Waals surface area contributed by atoms with Gasteiger partial charge in [0.15, 0.2) is 0 Å². The first-order valence-electron chi connectivity index (χ1n) is 12.7. The Labute approximate surface area is 220 Å². The summed E-state index contributed by atoms with van der Waals surface area (Å²) in [6.45, 7) is 8.62. The van der Waals surface area contributed by atoms with E-state index in [1.165, 1.54) is 12.0 Å². The molecule has 0 aliphatic heterocycles. The molecule has 3 rings (SSSR count). The van der Waals surface area contributed by atoms with Gasteiger partial charge in [-0.15, -0.1) is 0 Å². The van der Waals surface area contributed by atoms with Crippen LogP contribution in [0.4, 0.5) is 0 Å². The van der Waals surface area contributed by atoms with Gasteiger partial charge in [0.05, 0.1) is 0 Å². The minimum absolute atomic E-state index is 0.0674. The lowest BCUT2D eigenvalue weighted by Gasteiger charge is -2.31. The third kappa shape index (κ3) is 7.98. The number of hydrogen-bond acceptors (Lipinski definition) is 2. The molecule has 1 fully saturated rings. The number of carbonyl (C=O) groups is 2. The molecule has 6 heteroatoms. The smallest absolute Gasteiger partial charge is 0.242 e. The van der Waals surface area contributed by atoms with Gasteiger partial charge >= 0.3 is 0 Å². The molecule has 0 heterocycles. The Hall–Kier alpha value is -2.04. The molecule has 1 saturated carbocycles. The van der Waals surface area contributed by atoms with Gasteiger partial charge in [-0.2, -0.15) is 0 Å².